The van der Waals surface area contributed by atoms with E-state index in [4.69, 9.17) is 5.10 Å². The summed E-state index contributed by atoms with van der Waals surface area (Å²) in [7, 11) is 0. The Morgan fingerprint density at radius 1 is 1.00 bits per heavy atom. The molecule has 1 aliphatic heterocycles. The number of amides is 2. The Kier molecular flexibility index (Phi) is 6.48. The fraction of sp³-hybridized carbons (Fsp3) is 0.161. The lowest BCUT2D eigenvalue weighted by Crippen LogP contribution is -2.38. The lowest BCUT2D eigenvalue weighted by molar-refractivity contribution is 0.194. The molecule has 1 aliphatic rings. The van der Waals surface area contributed by atoms with Crippen LogP contribution in [-0.2, 0) is 6.54 Å². The number of nitrogens with zero attached hydrogens (tertiary/aromatic N) is 4. The zero-order valence-corrected chi connectivity index (χ0v) is 22.7. The van der Waals surface area contributed by atoms with Crippen LogP contribution in [0.2, 0.25) is 0 Å². The molecule has 1 N–H and O–H groups in total. The van der Waals surface area contributed by atoms with Crippen LogP contribution in [0.4, 0.5) is 14.9 Å². The Morgan fingerprint density at radius 3 is 2.49 bits per heavy atom. The molecule has 0 saturated carbocycles. The first kappa shape index (κ1) is 25.0. The Bertz CT molecular complexity index is 1660. The maximum absolute atomic E-state index is 14.3. The molecule has 0 unspecified atom stereocenters. The number of urea groups is 1. The number of halogens is 1. The number of nitrogens with one attached hydrogen (secondary N) is 1. The molecular weight excluding hydrogens is 509 g/mol. The highest BCUT2D eigenvalue weighted by Gasteiger charge is 2.36. The van der Waals surface area contributed by atoms with Gasteiger partial charge in [-0.3, -0.25) is 0 Å². The average Bonchev–Trinajstić information content (AvgIpc) is 3.51. The summed E-state index contributed by atoms with van der Waals surface area (Å²) in [6, 6.07) is 26.4. The average molecular weight is 538 g/mol. The minimum absolute atomic E-state index is 0.315. The molecule has 2 amide bonds. The molecule has 2 aromatic heterocycles. The van der Waals surface area contributed by atoms with E-state index >= 15 is 0 Å². The fourth-order valence-corrected chi connectivity index (χ4v) is 5.56. The summed E-state index contributed by atoms with van der Waals surface area (Å²) in [5.74, 6) is 0.546. The molecule has 3 aromatic carbocycles. The van der Waals surface area contributed by atoms with Crippen LogP contribution in [-0.4, -0.2) is 31.5 Å². The van der Waals surface area contributed by atoms with Gasteiger partial charge in [0.1, 0.15) is 11.6 Å². The zero-order valence-electron chi connectivity index (χ0n) is 21.9. The van der Waals surface area contributed by atoms with Crippen LogP contribution in [0.15, 0.2) is 96.0 Å². The van der Waals surface area contributed by atoms with Gasteiger partial charge in [-0.1, -0.05) is 36.4 Å². The van der Waals surface area contributed by atoms with E-state index < -0.39 is 0 Å². The van der Waals surface area contributed by atoms with Gasteiger partial charge in [-0.25, -0.2) is 13.9 Å². The lowest BCUT2D eigenvalue weighted by Gasteiger charge is -2.31. The number of anilines is 1. The summed E-state index contributed by atoms with van der Waals surface area (Å²) >= 11 is 1.67. The van der Waals surface area contributed by atoms with Crippen molar-refractivity contribution in [2.75, 3.05) is 11.6 Å². The zero-order chi connectivity index (χ0) is 27.1. The molecule has 5 aromatic rings. The molecule has 6 nitrogen and oxygen atoms in total. The van der Waals surface area contributed by atoms with Crippen LogP contribution in [0.5, 0.6) is 0 Å². The molecule has 0 bridgehead atoms. The van der Waals surface area contributed by atoms with Gasteiger partial charge in [-0.05, 0) is 79.8 Å². The number of aromatic nitrogens is 3. The Morgan fingerprint density at radius 2 is 1.77 bits per heavy atom. The Balaban J connectivity index is 1.52. The van der Waals surface area contributed by atoms with Gasteiger partial charge in [-0.2, -0.15) is 5.10 Å². The van der Waals surface area contributed by atoms with Crippen LogP contribution in [0.1, 0.15) is 34.1 Å². The van der Waals surface area contributed by atoms with Crippen LogP contribution in [0, 0.1) is 19.7 Å². The second-order valence-corrected chi connectivity index (χ2v) is 10.5. The van der Waals surface area contributed by atoms with Gasteiger partial charge < -0.3 is 14.8 Å². The number of carbonyl (C=O) groups excluding carboxylic acids is 1. The summed E-state index contributed by atoms with van der Waals surface area (Å²) in [5, 5.41) is 7.84. The number of rotatable bonds is 4. The Labute approximate surface area is 231 Å². The van der Waals surface area contributed by atoms with Gasteiger partial charge in [0, 0.05) is 22.3 Å². The molecule has 0 saturated heterocycles. The van der Waals surface area contributed by atoms with Crippen molar-refractivity contribution in [1.82, 2.24) is 19.2 Å². The van der Waals surface area contributed by atoms with Gasteiger partial charge in [0.05, 0.1) is 29.7 Å². The van der Waals surface area contributed by atoms with Gasteiger partial charge in [-0.15, -0.1) is 11.8 Å². The summed E-state index contributed by atoms with van der Waals surface area (Å²) in [4.78, 5) is 17.0. The van der Waals surface area contributed by atoms with Crippen molar-refractivity contribution in [3.63, 3.8) is 0 Å². The highest BCUT2D eigenvalue weighted by Crippen LogP contribution is 2.39. The highest BCUT2D eigenvalue weighted by atomic mass is 32.2. The van der Waals surface area contributed by atoms with Gasteiger partial charge in [0.2, 0.25) is 0 Å². The topological polar surface area (TPSA) is 55.1 Å². The van der Waals surface area contributed by atoms with E-state index in [2.05, 4.69) is 34.1 Å². The molecule has 8 heteroatoms. The van der Waals surface area contributed by atoms with Gasteiger partial charge in [0.15, 0.2) is 0 Å². The first-order valence-corrected chi connectivity index (χ1v) is 14.0. The SMILES string of the molecule is CSc1ccc([C@H]2c3cccn3-c3c(c(C)nn3-c3ccccc3)CN2C(=O)Nc2ccc(C)c(F)c2)cc1. The summed E-state index contributed by atoms with van der Waals surface area (Å²) in [6.45, 7) is 4.00. The number of carbonyl (C=O) groups is 1. The van der Waals surface area contributed by atoms with Gasteiger partial charge >= 0.3 is 6.03 Å². The Hall–Kier alpha value is -4.30. The maximum atomic E-state index is 14.3. The molecular formula is C31H28FN5OS. The van der Waals surface area contributed by atoms with E-state index in [0.29, 0.717) is 17.8 Å². The van der Waals surface area contributed by atoms with E-state index in [-0.39, 0.29) is 17.9 Å². The maximum Gasteiger partial charge on any atom is 0.322 e. The van der Waals surface area contributed by atoms with Crippen LogP contribution in [0.25, 0.3) is 11.5 Å². The van der Waals surface area contributed by atoms with Crippen molar-refractivity contribution >= 4 is 23.5 Å². The molecule has 0 fully saturated rings. The number of fused-ring (bicyclic) bond motifs is 3. The second-order valence-electron chi connectivity index (χ2n) is 9.64. The van der Waals surface area contributed by atoms with Crippen molar-refractivity contribution < 1.29 is 9.18 Å². The molecule has 1 atom stereocenters. The smallest absolute Gasteiger partial charge is 0.308 e. The van der Waals surface area contributed by atoms with Gasteiger partial charge in [0.25, 0.3) is 0 Å². The number of thioether (sulfide) groups is 1. The van der Waals surface area contributed by atoms with E-state index in [9.17, 15) is 9.18 Å². The minimum Gasteiger partial charge on any atom is -0.308 e. The third-order valence-corrected chi connectivity index (χ3v) is 7.95. The second kappa shape index (κ2) is 10.1. The van der Waals surface area contributed by atoms with E-state index in [1.807, 2.05) is 71.4 Å². The van der Waals surface area contributed by atoms with Crippen molar-refractivity contribution in [2.24, 2.45) is 0 Å². The number of hydrogen-bond donors (Lipinski definition) is 1. The molecule has 196 valence electrons. The largest absolute Gasteiger partial charge is 0.322 e. The minimum atomic E-state index is -0.387. The van der Waals surface area contributed by atoms with E-state index in [1.54, 1.807) is 30.8 Å². The number of para-hydroxylation sites is 1. The standard InChI is InChI=1S/C31H28FN5OS/c1-20-11-14-23(18-27(20)32)33-31(38)36-19-26-21(2)34-37(24-8-5-4-6-9-24)30(26)35-17-7-10-28(35)29(36)22-12-15-25(39-3)16-13-22/h4-18,29H,19H2,1-3H3,(H,33,38)/t29-/m0/s1. The molecule has 0 aliphatic carbocycles. The molecule has 6 rings (SSSR count). The number of hydrogen-bond acceptors (Lipinski definition) is 3. The van der Waals surface area contributed by atoms with Crippen LogP contribution < -0.4 is 5.32 Å². The quantitative estimate of drug-likeness (QED) is 0.245. The van der Waals surface area contributed by atoms with E-state index in [1.165, 1.54) is 6.07 Å². The number of benzene rings is 3. The third kappa shape index (κ3) is 4.51. The highest BCUT2D eigenvalue weighted by molar-refractivity contribution is 7.98. The molecule has 39 heavy (non-hydrogen) atoms. The monoisotopic (exact) mass is 537 g/mol. The van der Waals surface area contributed by atoms with Crippen molar-refractivity contribution in [2.45, 2.75) is 31.3 Å². The van der Waals surface area contributed by atoms with Crippen LogP contribution >= 0.6 is 11.8 Å². The molecule has 0 radical (unpaired) electrons. The third-order valence-electron chi connectivity index (χ3n) is 7.20. The first-order chi connectivity index (χ1) is 18.9. The summed E-state index contributed by atoms with van der Waals surface area (Å²) < 4.78 is 18.4. The fourth-order valence-electron chi connectivity index (χ4n) is 5.15. The predicted octanol–water partition coefficient (Wildman–Crippen LogP) is 7.28. The van der Waals surface area contributed by atoms with Crippen molar-refractivity contribution in [1.29, 1.82) is 0 Å². The van der Waals surface area contributed by atoms with Crippen molar-refractivity contribution in [3.8, 4) is 11.5 Å². The number of aryl methyl sites for hydroxylation is 2. The lowest BCUT2D eigenvalue weighted by atomic mass is 10.0. The normalized spacial score (nSPS) is 14.5. The van der Waals surface area contributed by atoms with Crippen LogP contribution in [0.3, 0.4) is 0 Å². The van der Waals surface area contributed by atoms with Crippen molar-refractivity contribution in [3.05, 3.63) is 125 Å². The predicted molar refractivity (Wildman–Crippen MR) is 153 cm³/mol. The summed E-state index contributed by atoms with van der Waals surface area (Å²) in [5.41, 5.74) is 5.59. The summed E-state index contributed by atoms with van der Waals surface area (Å²) in [6.07, 6.45) is 4.07. The van der Waals surface area contributed by atoms with E-state index in [0.717, 1.165) is 38.9 Å². The molecule has 3 heterocycles. The first-order valence-electron chi connectivity index (χ1n) is 12.7. The molecule has 0 spiro atoms.